The van der Waals surface area contributed by atoms with Crippen LogP contribution in [-0.2, 0) is 6.54 Å². The summed E-state index contributed by atoms with van der Waals surface area (Å²) in [6, 6.07) is 4.47. The quantitative estimate of drug-likeness (QED) is 0.211. The summed E-state index contributed by atoms with van der Waals surface area (Å²) in [6.07, 6.45) is 2.69. The molecule has 3 rings (SSSR count). The normalized spacial score (nSPS) is 10.9. The number of nitro benzene ring substituents is 1. The summed E-state index contributed by atoms with van der Waals surface area (Å²) < 4.78 is 1.73. The van der Waals surface area contributed by atoms with Crippen molar-refractivity contribution in [2.75, 3.05) is 24.2 Å². The van der Waals surface area contributed by atoms with Gasteiger partial charge in [-0.15, -0.1) is 0 Å². The Kier molecular flexibility index (Phi) is 7.40. The molecule has 2 N–H and O–H groups in total. The molecule has 0 saturated heterocycles. The van der Waals surface area contributed by atoms with Gasteiger partial charge in [0.25, 0.3) is 11.6 Å². The lowest BCUT2D eigenvalue weighted by Gasteiger charge is -2.10. The van der Waals surface area contributed by atoms with E-state index < -0.39 is 4.92 Å². The monoisotopic (exact) mass is 443 g/mol. The Balaban J connectivity index is 1.75. The van der Waals surface area contributed by atoms with Crippen LogP contribution in [0.5, 0.6) is 0 Å². The number of nitro groups is 1. The summed E-state index contributed by atoms with van der Waals surface area (Å²) in [4.78, 5) is 32.4. The smallest absolute Gasteiger partial charge is 0.273 e. The van der Waals surface area contributed by atoms with E-state index >= 15 is 0 Å². The zero-order chi connectivity index (χ0) is 22.4. The van der Waals surface area contributed by atoms with Crippen molar-refractivity contribution in [1.29, 1.82) is 0 Å². The van der Waals surface area contributed by atoms with Gasteiger partial charge in [0, 0.05) is 30.3 Å². The molecule has 0 saturated carbocycles. The second kappa shape index (κ2) is 10.2. The Labute approximate surface area is 184 Å². The average Bonchev–Trinajstić information content (AvgIpc) is 3.15. The fraction of sp³-hybridized carbons (Fsp3) is 0.400. The zero-order valence-electron chi connectivity index (χ0n) is 17.7. The number of carbonyl (C=O) groups excluding carboxylic acids is 1. The van der Waals surface area contributed by atoms with Crippen LogP contribution in [0.3, 0.4) is 0 Å². The van der Waals surface area contributed by atoms with Gasteiger partial charge in [-0.05, 0) is 25.2 Å². The van der Waals surface area contributed by atoms with Gasteiger partial charge in [-0.2, -0.15) is 5.10 Å². The van der Waals surface area contributed by atoms with Gasteiger partial charge < -0.3 is 10.6 Å². The second-order valence-electron chi connectivity index (χ2n) is 6.78. The Hall–Kier alpha value is -3.21. The molecular formula is C20H25N7O3S. The number of hydrogen-bond acceptors (Lipinski definition) is 8. The highest BCUT2D eigenvalue weighted by atomic mass is 32.2. The minimum absolute atomic E-state index is 0.0736. The summed E-state index contributed by atoms with van der Waals surface area (Å²) in [5, 5.41) is 23.2. The molecule has 0 bridgehead atoms. The molecule has 0 aliphatic rings. The first kappa shape index (κ1) is 22.5. The number of nitrogens with one attached hydrogen (secondary N) is 2. The molecule has 11 heteroatoms. The zero-order valence-corrected chi connectivity index (χ0v) is 18.5. The maximum Gasteiger partial charge on any atom is 0.273 e. The maximum absolute atomic E-state index is 12.5. The van der Waals surface area contributed by atoms with Crippen LogP contribution in [0.25, 0.3) is 11.0 Å². The van der Waals surface area contributed by atoms with Crippen LogP contribution >= 0.6 is 11.8 Å². The molecule has 2 heterocycles. The Morgan fingerprint density at radius 3 is 2.77 bits per heavy atom. The van der Waals surface area contributed by atoms with Crippen molar-refractivity contribution in [2.24, 2.45) is 0 Å². The van der Waals surface area contributed by atoms with Crippen LogP contribution in [0.15, 0.2) is 29.6 Å². The Bertz CT molecular complexity index is 1100. The van der Waals surface area contributed by atoms with Crippen molar-refractivity contribution >= 4 is 40.2 Å². The van der Waals surface area contributed by atoms with Gasteiger partial charge in [0.05, 0.1) is 23.1 Å². The summed E-state index contributed by atoms with van der Waals surface area (Å²) >= 11 is 1.55. The van der Waals surface area contributed by atoms with Crippen LogP contribution in [0.4, 0.5) is 11.5 Å². The van der Waals surface area contributed by atoms with E-state index in [0.717, 1.165) is 29.9 Å². The van der Waals surface area contributed by atoms with Crippen LogP contribution in [0, 0.1) is 17.0 Å². The van der Waals surface area contributed by atoms with E-state index in [2.05, 4.69) is 32.6 Å². The number of fused-ring (bicyclic) bond motifs is 1. The van der Waals surface area contributed by atoms with E-state index in [9.17, 15) is 14.9 Å². The van der Waals surface area contributed by atoms with Crippen molar-refractivity contribution in [3.63, 3.8) is 0 Å². The largest absolute Gasteiger partial charge is 0.369 e. The van der Waals surface area contributed by atoms with E-state index in [4.69, 9.17) is 0 Å². The predicted molar refractivity (Wildman–Crippen MR) is 121 cm³/mol. The number of aromatic nitrogens is 4. The molecule has 164 valence electrons. The lowest BCUT2D eigenvalue weighted by atomic mass is 10.1. The average molecular weight is 444 g/mol. The molecule has 0 aliphatic heterocycles. The lowest BCUT2D eigenvalue weighted by molar-refractivity contribution is -0.385. The summed E-state index contributed by atoms with van der Waals surface area (Å²) in [7, 11) is 0. The first-order valence-electron chi connectivity index (χ1n) is 10.1. The van der Waals surface area contributed by atoms with Crippen LogP contribution in [0.2, 0.25) is 0 Å². The van der Waals surface area contributed by atoms with Crippen LogP contribution < -0.4 is 10.6 Å². The maximum atomic E-state index is 12.5. The van der Waals surface area contributed by atoms with Crippen molar-refractivity contribution in [2.45, 2.75) is 38.9 Å². The molecule has 0 aliphatic carbocycles. The number of nitrogens with zero attached hydrogens (tertiary/aromatic N) is 5. The Morgan fingerprint density at radius 2 is 2.06 bits per heavy atom. The highest BCUT2D eigenvalue weighted by molar-refractivity contribution is 7.99. The molecular weight excluding hydrogens is 418 g/mol. The number of carbonyl (C=O) groups is 1. The third-order valence-electron chi connectivity index (χ3n) is 4.65. The highest BCUT2D eigenvalue weighted by Crippen LogP contribution is 2.24. The molecule has 0 atom stereocenters. The summed E-state index contributed by atoms with van der Waals surface area (Å²) in [5.41, 5.74) is 1.26. The van der Waals surface area contributed by atoms with Gasteiger partial charge in [-0.25, -0.2) is 14.6 Å². The van der Waals surface area contributed by atoms with Gasteiger partial charge in [0.1, 0.15) is 5.82 Å². The summed E-state index contributed by atoms with van der Waals surface area (Å²) in [6.45, 7) is 7.21. The van der Waals surface area contributed by atoms with Crippen LogP contribution in [-0.4, -0.2) is 49.4 Å². The molecule has 3 aromatic rings. The topological polar surface area (TPSA) is 128 Å². The molecule has 31 heavy (non-hydrogen) atoms. The number of anilines is 1. The predicted octanol–water partition coefficient (Wildman–Crippen LogP) is 3.41. The van der Waals surface area contributed by atoms with Gasteiger partial charge >= 0.3 is 0 Å². The van der Waals surface area contributed by atoms with Gasteiger partial charge in [-0.1, -0.05) is 31.7 Å². The molecule has 0 unspecified atom stereocenters. The van der Waals surface area contributed by atoms with Gasteiger partial charge in [0.15, 0.2) is 10.8 Å². The lowest BCUT2D eigenvalue weighted by Crippen LogP contribution is -2.28. The number of thioether (sulfide) groups is 1. The highest BCUT2D eigenvalue weighted by Gasteiger charge is 2.18. The van der Waals surface area contributed by atoms with E-state index in [1.54, 1.807) is 35.6 Å². The molecule has 0 fully saturated rings. The molecule has 0 spiro atoms. The molecule has 1 aromatic carbocycles. The fourth-order valence-corrected chi connectivity index (χ4v) is 3.67. The number of amides is 1. The minimum atomic E-state index is -0.488. The third-order valence-corrected chi connectivity index (χ3v) is 5.38. The molecule has 0 radical (unpaired) electrons. The van der Waals surface area contributed by atoms with Crippen molar-refractivity contribution in [3.05, 3.63) is 45.6 Å². The molecule has 10 nitrogen and oxygen atoms in total. The van der Waals surface area contributed by atoms with Gasteiger partial charge in [-0.3, -0.25) is 14.9 Å². The standard InChI is InChI=1S/C20H25N7O3S/c1-4-9-21-17-15-12-23-26(18(15)25-20(24-17)31-5-2)11-10-22-19(28)14-7-6-8-16(13(14)3)27(29)30/h6-8,12H,4-5,9-11H2,1-3H3,(H,22,28)(H,21,24,25). The van der Waals surface area contributed by atoms with Crippen molar-refractivity contribution in [1.82, 2.24) is 25.1 Å². The first-order chi connectivity index (χ1) is 15.0. The molecule has 2 aromatic heterocycles. The second-order valence-corrected chi connectivity index (χ2v) is 8.01. The van der Waals surface area contributed by atoms with E-state index in [1.165, 1.54) is 12.1 Å². The van der Waals surface area contributed by atoms with E-state index in [0.29, 0.717) is 29.5 Å². The minimum Gasteiger partial charge on any atom is -0.369 e. The Morgan fingerprint density at radius 1 is 1.26 bits per heavy atom. The van der Waals surface area contributed by atoms with Gasteiger partial charge in [0.2, 0.25) is 0 Å². The van der Waals surface area contributed by atoms with E-state index in [-0.39, 0.29) is 17.2 Å². The molecule has 1 amide bonds. The number of rotatable bonds is 10. The summed E-state index contributed by atoms with van der Waals surface area (Å²) in [5.74, 6) is 1.25. The van der Waals surface area contributed by atoms with Crippen LogP contribution in [0.1, 0.15) is 36.2 Å². The third kappa shape index (κ3) is 5.10. The number of benzene rings is 1. The van der Waals surface area contributed by atoms with Crippen molar-refractivity contribution in [3.8, 4) is 0 Å². The van der Waals surface area contributed by atoms with E-state index in [1.807, 2.05) is 6.92 Å². The SMILES string of the molecule is CCCNc1nc(SCC)nc2c1cnn2CCNC(=O)c1cccc([N+](=O)[O-])c1C. The first-order valence-corrected chi connectivity index (χ1v) is 11.1. The number of hydrogen-bond donors (Lipinski definition) is 2. The fourth-order valence-electron chi connectivity index (χ4n) is 3.11. The van der Waals surface area contributed by atoms with Crippen molar-refractivity contribution < 1.29 is 9.72 Å².